The summed E-state index contributed by atoms with van der Waals surface area (Å²) in [5.41, 5.74) is 12.5. The second-order valence-corrected chi connectivity index (χ2v) is 11.9. The lowest BCUT2D eigenvalue weighted by molar-refractivity contribution is -0.137. The fourth-order valence-electron chi connectivity index (χ4n) is 5.52. The van der Waals surface area contributed by atoms with Crippen molar-refractivity contribution >= 4 is 30.2 Å². The normalized spacial score (nSPS) is 20.4. The van der Waals surface area contributed by atoms with Crippen molar-refractivity contribution in [3.8, 4) is 5.69 Å². The summed E-state index contributed by atoms with van der Waals surface area (Å²) in [6.45, 7) is 7.16. The smallest absolute Gasteiger partial charge is 0.338 e. The van der Waals surface area contributed by atoms with E-state index in [2.05, 4.69) is 41.3 Å². The molecule has 2 fully saturated rings. The monoisotopic (exact) mass is 588 g/mol. The van der Waals surface area contributed by atoms with Gasteiger partial charge in [0.1, 0.15) is 5.82 Å². The molecule has 41 heavy (non-hydrogen) atoms. The molecule has 1 saturated heterocycles. The number of aromatic nitrogens is 2. The molecule has 0 spiro atoms. The maximum atomic E-state index is 12.8. The van der Waals surface area contributed by atoms with Crippen molar-refractivity contribution in [3.63, 3.8) is 0 Å². The molecule has 2 aromatic rings. The summed E-state index contributed by atoms with van der Waals surface area (Å²) in [6.07, 6.45) is 7.02. The standard InChI is InChI=1S/C29H44N8O3.ClH/c1-20(34(4)23-11-7-22(30)8-12-23)19-21-5-9-24(10-6-21)37-14-13-25(33-28(37)40)32-27(39)36-17-15-35(16-18-36)26(38)29(2,3)31;/h5-6,9-10,13-14,20,22-23H,7-8,11-12,15-19,30-31H2,1-4H3,(H,32,33,39,40);1H/t20?,22-,23+;. The van der Waals surface area contributed by atoms with Crippen LogP contribution in [0.2, 0.25) is 0 Å². The Morgan fingerprint density at radius 2 is 1.63 bits per heavy atom. The molecule has 1 unspecified atom stereocenters. The van der Waals surface area contributed by atoms with E-state index in [1.54, 1.807) is 35.9 Å². The first kappa shape index (κ1) is 32.5. The third kappa shape index (κ3) is 8.28. The van der Waals surface area contributed by atoms with E-state index in [-0.39, 0.29) is 30.2 Å². The zero-order valence-electron chi connectivity index (χ0n) is 24.6. The average Bonchev–Trinajstić information content (AvgIpc) is 2.93. The summed E-state index contributed by atoms with van der Waals surface area (Å²) in [4.78, 5) is 47.7. The number of carbonyl (C=O) groups excluding carboxylic acids is 2. The molecule has 0 bridgehead atoms. The lowest BCUT2D eigenvalue weighted by Crippen LogP contribution is -2.58. The maximum absolute atomic E-state index is 12.8. The molecule has 1 aliphatic heterocycles. The topological polar surface area (TPSA) is 143 Å². The Kier molecular flexibility index (Phi) is 10.9. The molecule has 1 aromatic heterocycles. The van der Waals surface area contributed by atoms with Crippen molar-refractivity contribution in [2.24, 2.45) is 11.5 Å². The predicted octanol–water partition coefficient (Wildman–Crippen LogP) is 2.20. The Bertz CT molecular complexity index is 1230. The van der Waals surface area contributed by atoms with Crippen LogP contribution in [0.5, 0.6) is 0 Å². The fourth-order valence-corrected chi connectivity index (χ4v) is 5.52. The fraction of sp³-hybridized carbons (Fsp3) is 0.586. The van der Waals surface area contributed by atoms with Crippen LogP contribution < -0.4 is 22.5 Å². The van der Waals surface area contributed by atoms with Gasteiger partial charge in [-0.25, -0.2) is 9.59 Å². The minimum absolute atomic E-state index is 0. The van der Waals surface area contributed by atoms with E-state index >= 15 is 0 Å². The van der Waals surface area contributed by atoms with Crippen molar-refractivity contribution < 1.29 is 9.59 Å². The summed E-state index contributed by atoms with van der Waals surface area (Å²) in [6, 6.07) is 10.5. The molecule has 3 amide bonds. The molecule has 12 heteroatoms. The number of carbonyl (C=O) groups is 2. The number of nitrogens with zero attached hydrogens (tertiary/aromatic N) is 5. The van der Waals surface area contributed by atoms with Crippen molar-refractivity contribution in [2.75, 3.05) is 38.5 Å². The molecule has 0 radical (unpaired) electrons. The maximum Gasteiger partial charge on any atom is 0.354 e. The van der Waals surface area contributed by atoms with Gasteiger partial charge < -0.3 is 26.2 Å². The van der Waals surface area contributed by atoms with E-state index in [0.717, 1.165) is 32.1 Å². The van der Waals surface area contributed by atoms with Crippen LogP contribution in [0.3, 0.4) is 0 Å². The van der Waals surface area contributed by atoms with Crippen LogP contribution in [0.15, 0.2) is 41.3 Å². The number of nitrogens with two attached hydrogens (primary N) is 2. The second-order valence-electron chi connectivity index (χ2n) is 11.9. The van der Waals surface area contributed by atoms with E-state index in [4.69, 9.17) is 11.5 Å². The van der Waals surface area contributed by atoms with Gasteiger partial charge in [0.2, 0.25) is 5.91 Å². The summed E-state index contributed by atoms with van der Waals surface area (Å²) < 4.78 is 1.46. The number of hydrogen-bond acceptors (Lipinski definition) is 7. The SMILES string of the molecule is CC(Cc1ccc(-n2ccc(NC(=O)N3CCN(C(=O)C(C)(C)N)CC3)nc2=O)cc1)N(C)[C@H]1CC[C@@H](N)CC1.Cl. The quantitative estimate of drug-likeness (QED) is 0.450. The Labute approximate surface area is 248 Å². The van der Waals surface area contributed by atoms with Crippen LogP contribution in [0.4, 0.5) is 10.6 Å². The van der Waals surface area contributed by atoms with Crippen molar-refractivity contribution in [1.29, 1.82) is 0 Å². The van der Waals surface area contributed by atoms with E-state index in [9.17, 15) is 14.4 Å². The Balaban J connectivity index is 0.00000462. The van der Waals surface area contributed by atoms with Crippen molar-refractivity contribution in [1.82, 2.24) is 24.3 Å². The molecule has 1 saturated carbocycles. The molecular weight excluding hydrogens is 544 g/mol. The van der Waals surface area contributed by atoms with Gasteiger partial charge in [-0.15, -0.1) is 12.4 Å². The van der Waals surface area contributed by atoms with Gasteiger partial charge in [0.05, 0.1) is 11.2 Å². The zero-order valence-corrected chi connectivity index (χ0v) is 25.4. The Morgan fingerprint density at radius 1 is 1.05 bits per heavy atom. The average molecular weight is 589 g/mol. The highest BCUT2D eigenvalue weighted by molar-refractivity contribution is 5.89. The number of anilines is 1. The minimum Gasteiger partial charge on any atom is -0.338 e. The van der Waals surface area contributed by atoms with Crippen molar-refractivity contribution in [2.45, 2.75) is 76.5 Å². The van der Waals surface area contributed by atoms with Crippen LogP contribution in [0, 0.1) is 0 Å². The number of urea groups is 1. The lowest BCUT2D eigenvalue weighted by atomic mass is 9.90. The Morgan fingerprint density at radius 3 is 2.20 bits per heavy atom. The van der Waals surface area contributed by atoms with E-state index in [1.807, 2.05) is 12.1 Å². The third-order valence-corrected chi connectivity index (χ3v) is 8.20. The highest BCUT2D eigenvalue weighted by Gasteiger charge is 2.31. The van der Waals surface area contributed by atoms with E-state index in [0.29, 0.717) is 50.0 Å². The molecular formula is C29H45ClN8O3. The van der Waals surface area contributed by atoms with Gasteiger partial charge in [-0.1, -0.05) is 12.1 Å². The Hall–Kier alpha value is -2.99. The number of amides is 3. The number of likely N-dealkylation sites (N-methyl/N-ethyl adjacent to an activating group) is 1. The number of piperazine rings is 1. The van der Waals surface area contributed by atoms with Crippen LogP contribution in [0.1, 0.15) is 52.0 Å². The molecule has 1 atom stereocenters. The number of hydrogen-bond donors (Lipinski definition) is 3. The van der Waals surface area contributed by atoms with Gasteiger partial charge >= 0.3 is 11.7 Å². The van der Waals surface area contributed by atoms with Gasteiger partial charge in [0, 0.05) is 50.5 Å². The second kappa shape index (κ2) is 13.8. The van der Waals surface area contributed by atoms with E-state index < -0.39 is 11.2 Å². The van der Waals surface area contributed by atoms with Crippen LogP contribution in [-0.2, 0) is 11.2 Å². The summed E-state index contributed by atoms with van der Waals surface area (Å²) in [7, 11) is 2.20. The first-order valence-electron chi connectivity index (χ1n) is 14.2. The van der Waals surface area contributed by atoms with Gasteiger partial charge in [-0.3, -0.25) is 14.7 Å². The van der Waals surface area contributed by atoms with Crippen LogP contribution in [0.25, 0.3) is 5.69 Å². The van der Waals surface area contributed by atoms with Crippen LogP contribution in [-0.4, -0.2) is 93.1 Å². The van der Waals surface area contributed by atoms with Crippen molar-refractivity contribution in [3.05, 3.63) is 52.6 Å². The zero-order chi connectivity index (χ0) is 29.0. The number of rotatable bonds is 7. The molecule has 1 aromatic carbocycles. The predicted molar refractivity (Wildman–Crippen MR) is 164 cm³/mol. The molecule has 226 valence electrons. The molecule has 1 aliphatic carbocycles. The largest absolute Gasteiger partial charge is 0.354 e. The number of halogens is 1. The third-order valence-electron chi connectivity index (χ3n) is 8.20. The minimum atomic E-state index is -0.947. The molecule has 5 N–H and O–H groups in total. The van der Waals surface area contributed by atoms with Gasteiger partial charge in [0.15, 0.2) is 0 Å². The highest BCUT2D eigenvalue weighted by Crippen LogP contribution is 2.24. The first-order chi connectivity index (χ1) is 18.9. The first-order valence-corrected chi connectivity index (χ1v) is 14.2. The number of benzene rings is 1. The van der Waals surface area contributed by atoms with Gasteiger partial charge in [-0.05, 0) is 83.7 Å². The van der Waals surface area contributed by atoms with Crippen LogP contribution >= 0.6 is 12.4 Å². The molecule has 2 heterocycles. The molecule has 2 aliphatic rings. The molecule has 11 nitrogen and oxygen atoms in total. The van der Waals surface area contributed by atoms with E-state index in [1.165, 1.54) is 10.1 Å². The number of nitrogens with one attached hydrogen (secondary N) is 1. The lowest BCUT2D eigenvalue weighted by Gasteiger charge is -2.37. The van der Waals surface area contributed by atoms with Gasteiger partial charge in [-0.2, -0.15) is 4.98 Å². The van der Waals surface area contributed by atoms with Gasteiger partial charge in [0.25, 0.3) is 0 Å². The highest BCUT2D eigenvalue weighted by atomic mass is 35.5. The molecule has 4 rings (SSSR count). The summed E-state index contributed by atoms with van der Waals surface area (Å²) in [5.74, 6) is 0.0442. The summed E-state index contributed by atoms with van der Waals surface area (Å²) in [5, 5.41) is 2.70. The summed E-state index contributed by atoms with van der Waals surface area (Å²) >= 11 is 0.